The highest BCUT2D eigenvalue weighted by Crippen LogP contribution is 2.20. The van der Waals surface area contributed by atoms with Crippen molar-refractivity contribution in [3.8, 4) is 5.75 Å². The van der Waals surface area contributed by atoms with Gasteiger partial charge in [-0.25, -0.2) is 9.37 Å². The fourth-order valence-electron chi connectivity index (χ4n) is 2.20. The van der Waals surface area contributed by atoms with Crippen LogP contribution in [0.25, 0.3) is 11.0 Å². The lowest BCUT2D eigenvalue weighted by Crippen LogP contribution is -1.97. The topological polar surface area (TPSA) is 37.9 Å². The first-order valence-corrected chi connectivity index (χ1v) is 6.99. The molecular formula is C17H17FN2O. The molecule has 1 aromatic heterocycles. The van der Waals surface area contributed by atoms with Crippen LogP contribution in [0.5, 0.6) is 5.75 Å². The van der Waals surface area contributed by atoms with Gasteiger partial charge in [0.2, 0.25) is 0 Å². The molecule has 21 heavy (non-hydrogen) atoms. The smallest absolute Gasteiger partial charge is 0.146 e. The molecule has 1 heterocycles. The minimum atomic E-state index is -0.275. The molecule has 0 radical (unpaired) electrons. The number of imidazole rings is 1. The SMILES string of the molecule is CC(C)c1ccc(OCc2nc3ccc(F)cc3[nH]2)cc1. The second-order valence-corrected chi connectivity index (χ2v) is 5.36. The monoisotopic (exact) mass is 284 g/mol. The largest absolute Gasteiger partial charge is 0.486 e. The Morgan fingerprint density at radius 2 is 1.90 bits per heavy atom. The Labute approximate surface area is 122 Å². The van der Waals surface area contributed by atoms with Crippen LogP contribution in [0.1, 0.15) is 31.2 Å². The molecule has 0 bridgehead atoms. The maximum absolute atomic E-state index is 13.1. The number of benzene rings is 2. The number of aromatic amines is 1. The second-order valence-electron chi connectivity index (χ2n) is 5.36. The van der Waals surface area contributed by atoms with E-state index >= 15 is 0 Å². The molecule has 0 spiro atoms. The highest BCUT2D eigenvalue weighted by atomic mass is 19.1. The normalized spacial score (nSPS) is 11.2. The molecular weight excluding hydrogens is 267 g/mol. The van der Waals surface area contributed by atoms with Crippen molar-refractivity contribution in [1.29, 1.82) is 0 Å². The van der Waals surface area contributed by atoms with Gasteiger partial charge in [0, 0.05) is 0 Å². The van der Waals surface area contributed by atoms with Crippen LogP contribution in [-0.4, -0.2) is 9.97 Å². The fourth-order valence-corrected chi connectivity index (χ4v) is 2.20. The molecule has 1 N–H and O–H groups in total. The van der Waals surface area contributed by atoms with E-state index in [1.54, 1.807) is 6.07 Å². The minimum absolute atomic E-state index is 0.275. The van der Waals surface area contributed by atoms with Crippen molar-refractivity contribution < 1.29 is 9.13 Å². The maximum atomic E-state index is 13.1. The molecule has 0 amide bonds. The summed E-state index contributed by atoms with van der Waals surface area (Å²) in [6, 6.07) is 12.5. The summed E-state index contributed by atoms with van der Waals surface area (Å²) in [5, 5.41) is 0. The first-order valence-electron chi connectivity index (χ1n) is 6.99. The van der Waals surface area contributed by atoms with Crippen molar-refractivity contribution >= 4 is 11.0 Å². The number of H-pyrrole nitrogens is 1. The second kappa shape index (κ2) is 5.56. The molecule has 3 rings (SSSR count). The van der Waals surface area contributed by atoms with Crippen molar-refractivity contribution in [1.82, 2.24) is 9.97 Å². The van der Waals surface area contributed by atoms with Crippen molar-refractivity contribution in [3.63, 3.8) is 0 Å². The Hall–Kier alpha value is -2.36. The molecule has 0 saturated carbocycles. The summed E-state index contributed by atoms with van der Waals surface area (Å²) in [5.74, 6) is 1.71. The number of aromatic nitrogens is 2. The number of nitrogens with one attached hydrogen (secondary N) is 1. The van der Waals surface area contributed by atoms with E-state index in [-0.39, 0.29) is 5.82 Å². The van der Waals surface area contributed by atoms with Gasteiger partial charge in [0.1, 0.15) is 24.0 Å². The van der Waals surface area contributed by atoms with Crippen molar-refractivity contribution in [2.75, 3.05) is 0 Å². The summed E-state index contributed by atoms with van der Waals surface area (Å²) < 4.78 is 18.8. The summed E-state index contributed by atoms with van der Waals surface area (Å²) in [5.41, 5.74) is 2.70. The summed E-state index contributed by atoms with van der Waals surface area (Å²) in [4.78, 5) is 7.43. The first-order chi connectivity index (χ1) is 10.1. The van der Waals surface area contributed by atoms with E-state index in [0.717, 1.165) is 11.3 Å². The van der Waals surface area contributed by atoms with E-state index in [0.29, 0.717) is 23.9 Å². The van der Waals surface area contributed by atoms with Gasteiger partial charge in [0.15, 0.2) is 0 Å². The molecule has 108 valence electrons. The fraction of sp³-hybridized carbons (Fsp3) is 0.235. The van der Waals surface area contributed by atoms with E-state index < -0.39 is 0 Å². The molecule has 0 atom stereocenters. The van der Waals surface area contributed by atoms with Gasteiger partial charge in [-0.05, 0) is 41.8 Å². The van der Waals surface area contributed by atoms with E-state index in [1.165, 1.54) is 17.7 Å². The number of rotatable bonds is 4. The predicted octanol–water partition coefficient (Wildman–Crippen LogP) is 4.40. The molecule has 4 heteroatoms. The van der Waals surface area contributed by atoms with Crippen LogP contribution in [0.15, 0.2) is 42.5 Å². The average molecular weight is 284 g/mol. The van der Waals surface area contributed by atoms with E-state index in [1.807, 2.05) is 12.1 Å². The third-order valence-corrected chi connectivity index (χ3v) is 3.42. The Morgan fingerprint density at radius 1 is 1.14 bits per heavy atom. The maximum Gasteiger partial charge on any atom is 0.146 e. The van der Waals surface area contributed by atoms with Gasteiger partial charge in [-0.1, -0.05) is 26.0 Å². The lowest BCUT2D eigenvalue weighted by molar-refractivity contribution is 0.297. The van der Waals surface area contributed by atoms with Gasteiger partial charge in [-0.15, -0.1) is 0 Å². The van der Waals surface area contributed by atoms with E-state index in [4.69, 9.17) is 4.74 Å². The molecule has 0 aliphatic heterocycles. The lowest BCUT2D eigenvalue weighted by Gasteiger charge is -2.07. The number of halogens is 1. The highest BCUT2D eigenvalue weighted by molar-refractivity contribution is 5.74. The van der Waals surface area contributed by atoms with Crippen LogP contribution in [0, 0.1) is 5.82 Å². The van der Waals surface area contributed by atoms with E-state index in [2.05, 4.69) is 35.9 Å². The highest BCUT2D eigenvalue weighted by Gasteiger charge is 2.05. The third-order valence-electron chi connectivity index (χ3n) is 3.42. The number of nitrogens with zero attached hydrogens (tertiary/aromatic N) is 1. The van der Waals surface area contributed by atoms with Gasteiger partial charge < -0.3 is 9.72 Å². The molecule has 0 fully saturated rings. The molecule has 0 unspecified atom stereocenters. The summed E-state index contributed by atoms with van der Waals surface area (Å²) in [6.45, 7) is 4.64. The van der Waals surface area contributed by atoms with Crippen LogP contribution in [0.3, 0.4) is 0 Å². The third kappa shape index (κ3) is 3.05. The molecule has 3 nitrogen and oxygen atoms in total. The molecule has 0 saturated heterocycles. The summed E-state index contributed by atoms with van der Waals surface area (Å²) in [6.07, 6.45) is 0. The van der Waals surface area contributed by atoms with Crippen LogP contribution in [-0.2, 0) is 6.61 Å². The Morgan fingerprint density at radius 3 is 2.62 bits per heavy atom. The molecule has 0 aliphatic carbocycles. The van der Waals surface area contributed by atoms with Crippen LogP contribution >= 0.6 is 0 Å². The van der Waals surface area contributed by atoms with Crippen LogP contribution in [0.4, 0.5) is 4.39 Å². The van der Waals surface area contributed by atoms with Gasteiger partial charge in [0.05, 0.1) is 11.0 Å². The Bertz CT molecular complexity index is 747. The van der Waals surface area contributed by atoms with Crippen molar-refractivity contribution in [2.24, 2.45) is 0 Å². The van der Waals surface area contributed by atoms with Gasteiger partial charge in [0.25, 0.3) is 0 Å². The standard InChI is InChI=1S/C17H17FN2O/c1-11(2)12-3-6-14(7-4-12)21-10-17-19-15-8-5-13(18)9-16(15)20-17/h3-9,11H,10H2,1-2H3,(H,19,20). The lowest BCUT2D eigenvalue weighted by atomic mass is 10.0. The zero-order valence-electron chi connectivity index (χ0n) is 12.1. The number of ether oxygens (including phenoxy) is 1. The minimum Gasteiger partial charge on any atom is -0.486 e. The molecule has 0 aliphatic rings. The van der Waals surface area contributed by atoms with Crippen LogP contribution < -0.4 is 4.74 Å². The number of hydrogen-bond donors (Lipinski definition) is 1. The van der Waals surface area contributed by atoms with Crippen molar-refractivity contribution in [3.05, 3.63) is 59.7 Å². The zero-order valence-corrected chi connectivity index (χ0v) is 12.1. The predicted molar refractivity (Wildman–Crippen MR) is 80.9 cm³/mol. The van der Waals surface area contributed by atoms with Gasteiger partial charge in [-0.2, -0.15) is 0 Å². The van der Waals surface area contributed by atoms with Gasteiger partial charge in [-0.3, -0.25) is 0 Å². The Balaban J connectivity index is 1.71. The van der Waals surface area contributed by atoms with Crippen LogP contribution in [0.2, 0.25) is 0 Å². The molecule has 3 aromatic rings. The van der Waals surface area contributed by atoms with Crippen molar-refractivity contribution in [2.45, 2.75) is 26.4 Å². The van der Waals surface area contributed by atoms with E-state index in [9.17, 15) is 4.39 Å². The zero-order chi connectivity index (χ0) is 14.8. The molecule has 2 aromatic carbocycles. The average Bonchev–Trinajstić information content (AvgIpc) is 2.87. The number of fused-ring (bicyclic) bond motifs is 1. The Kier molecular flexibility index (Phi) is 3.60. The van der Waals surface area contributed by atoms with Gasteiger partial charge >= 0.3 is 0 Å². The number of hydrogen-bond acceptors (Lipinski definition) is 2. The first kappa shape index (κ1) is 13.6. The summed E-state index contributed by atoms with van der Waals surface area (Å²) >= 11 is 0. The quantitative estimate of drug-likeness (QED) is 0.771. The summed E-state index contributed by atoms with van der Waals surface area (Å²) in [7, 11) is 0.